The van der Waals surface area contributed by atoms with Gasteiger partial charge in [0.05, 0.1) is 15.8 Å². The molecule has 0 spiro atoms. The number of aryl methyl sites for hydroxylation is 2. The van der Waals surface area contributed by atoms with E-state index in [0.717, 1.165) is 22.4 Å². The van der Waals surface area contributed by atoms with Crippen LogP contribution in [-0.4, -0.2) is 11.7 Å². The van der Waals surface area contributed by atoms with E-state index in [-0.39, 0.29) is 11.3 Å². The molecule has 5 heteroatoms. The zero-order valence-electron chi connectivity index (χ0n) is 12.3. The maximum absolute atomic E-state index is 12.4. The number of benzene rings is 2. The minimum absolute atomic E-state index is 0.0936. The molecule has 1 unspecified atom stereocenters. The molecule has 0 saturated carbocycles. The quantitative estimate of drug-likeness (QED) is 0.722. The van der Waals surface area contributed by atoms with Gasteiger partial charge in [-0.3, -0.25) is 9.69 Å². The van der Waals surface area contributed by atoms with E-state index in [1.807, 2.05) is 43.0 Å². The Bertz CT molecular complexity index is 727. The predicted octanol–water partition coefficient (Wildman–Crippen LogP) is 5.39. The zero-order valence-corrected chi connectivity index (χ0v) is 14.6. The fourth-order valence-electron chi connectivity index (χ4n) is 2.73. The van der Waals surface area contributed by atoms with E-state index in [9.17, 15) is 4.79 Å². The normalized spacial score (nSPS) is 18.1. The monoisotopic (exact) mass is 351 g/mol. The Labute approximate surface area is 144 Å². The van der Waals surface area contributed by atoms with E-state index < -0.39 is 0 Å². The molecule has 1 heterocycles. The molecule has 1 atom stereocenters. The number of carbonyl (C=O) groups excluding carboxylic acids is 1. The summed E-state index contributed by atoms with van der Waals surface area (Å²) in [7, 11) is 0. The van der Waals surface area contributed by atoms with E-state index in [2.05, 4.69) is 6.07 Å². The molecule has 0 bridgehead atoms. The highest BCUT2D eigenvalue weighted by Gasteiger charge is 2.35. The van der Waals surface area contributed by atoms with Crippen LogP contribution in [0, 0.1) is 13.8 Å². The first-order valence-corrected chi connectivity index (χ1v) is 8.73. The van der Waals surface area contributed by atoms with Crippen LogP contribution in [0.25, 0.3) is 0 Å². The van der Waals surface area contributed by atoms with Crippen molar-refractivity contribution in [2.24, 2.45) is 0 Å². The van der Waals surface area contributed by atoms with Crippen LogP contribution in [0.15, 0.2) is 36.4 Å². The minimum atomic E-state index is -0.139. The Hall–Kier alpha value is -1.16. The van der Waals surface area contributed by atoms with Crippen LogP contribution >= 0.6 is 35.0 Å². The number of hydrogen-bond donors (Lipinski definition) is 0. The van der Waals surface area contributed by atoms with Gasteiger partial charge in [0.1, 0.15) is 5.37 Å². The summed E-state index contributed by atoms with van der Waals surface area (Å²) in [6.45, 7) is 4.07. The summed E-state index contributed by atoms with van der Waals surface area (Å²) in [5.74, 6) is 0.538. The van der Waals surface area contributed by atoms with Gasteiger partial charge < -0.3 is 0 Å². The Kier molecular flexibility index (Phi) is 4.40. The summed E-state index contributed by atoms with van der Waals surface area (Å²) in [6, 6.07) is 11.7. The molecule has 1 fully saturated rings. The zero-order chi connectivity index (χ0) is 15.9. The topological polar surface area (TPSA) is 20.3 Å². The van der Waals surface area contributed by atoms with E-state index in [1.54, 1.807) is 17.8 Å². The first-order chi connectivity index (χ1) is 10.5. The molecule has 1 amide bonds. The smallest absolute Gasteiger partial charge is 0.238 e. The molecule has 114 valence electrons. The molecule has 2 aromatic rings. The van der Waals surface area contributed by atoms with Crippen LogP contribution in [0.2, 0.25) is 10.0 Å². The Morgan fingerprint density at radius 2 is 1.82 bits per heavy atom. The van der Waals surface area contributed by atoms with Crippen molar-refractivity contribution < 1.29 is 4.79 Å². The van der Waals surface area contributed by atoms with Crippen molar-refractivity contribution in [3.05, 3.63) is 63.1 Å². The van der Waals surface area contributed by atoms with Crippen LogP contribution in [0.5, 0.6) is 0 Å². The first kappa shape index (κ1) is 15.7. The molecule has 3 rings (SSSR count). The van der Waals surface area contributed by atoms with Gasteiger partial charge in [-0.25, -0.2) is 0 Å². The number of carbonyl (C=O) groups is 1. The third-order valence-corrected chi connectivity index (χ3v) is 5.63. The largest absolute Gasteiger partial charge is 0.295 e. The molecule has 22 heavy (non-hydrogen) atoms. The molecule has 0 aliphatic carbocycles. The summed E-state index contributed by atoms with van der Waals surface area (Å²) in [4.78, 5) is 14.2. The summed E-state index contributed by atoms with van der Waals surface area (Å²) in [5.41, 5.74) is 4.06. The summed E-state index contributed by atoms with van der Waals surface area (Å²) in [5, 5.41) is 0.894. The molecular weight excluding hydrogens is 337 g/mol. The molecule has 0 N–H and O–H groups in total. The van der Waals surface area contributed by atoms with E-state index in [0.29, 0.717) is 15.8 Å². The maximum atomic E-state index is 12.4. The fraction of sp³-hybridized carbons (Fsp3) is 0.235. The minimum Gasteiger partial charge on any atom is -0.295 e. The van der Waals surface area contributed by atoms with Gasteiger partial charge in [-0.05, 0) is 43.2 Å². The Balaban J connectivity index is 2.08. The van der Waals surface area contributed by atoms with Crippen LogP contribution in [0.3, 0.4) is 0 Å². The molecule has 2 aromatic carbocycles. The van der Waals surface area contributed by atoms with Gasteiger partial charge in [0, 0.05) is 11.3 Å². The van der Waals surface area contributed by atoms with Crippen molar-refractivity contribution >= 4 is 46.6 Å². The molecular formula is C17H15Cl2NOS. The molecule has 1 aliphatic heterocycles. The third kappa shape index (κ3) is 2.85. The lowest BCUT2D eigenvalue weighted by Gasteiger charge is -2.26. The molecule has 1 saturated heterocycles. The summed E-state index contributed by atoms with van der Waals surface area (Å²) >= 11 is 14.1. The maximum Gasteiger partial charge on any atom is 0.238 e. The highest BCUT2D eigenvalue weighted by atomic mass is 35.5. The summed E-state index contributed by atoms with van der Waals surface area (Å²) in [6.07, 6.45) is 0. The Morgan fingerprint density at radius 1 is 1.14 bits per heavy atom. The lowest BCUT2D eigenvalue weighted by atomic mass is 10.1. The van der Waals surface area contributed by atoms with Crippen molar-refractivity contribution in [2.45, 2.75) is 19.2 Å². The lowest BCUT2D eigenvalue weighted by molar-refractivity contribution is -0.115. The number of nitrogens with zero attached hydrogens (tertiary/aromatic N) is 1. The molecule has 1 aliphatic rings. The van der Waals surface area contributed by atoms with Crippen molar-refractivity contribution in [1.82, 2.24) is 0 Å². The predicted molar refractivity (Wildman–Crippen MR) is 95.1 cm³/mol. The second kappa shape index (κ2) is 6.15. The van der Waals surface area contributed by atoms with Crippen LogP contribution < -0.4 is 4.90 Å². The third-order valence-electron chi connectivity index (χ3n) is 3.60. The second-order valence-corrected chi connectivity index (χ2v) is 7.27. The number of anilines is 1. The highest BCUT2D eigenvalue weighted by molar-refractivity contribution is 8.00. The molecule has 2 nitrogen and oxygen atoms in total. The standard InChI is InChI=1S/C17H15Cl2NOS/c1-10-6-11(2)8-12(7-10)20-15(21)9-22-17(20)13-4-3-5-14(18)16(13)19/h3-8,17H,9H2,1-2H3. The summed E-state index contributed by atoms with van der Waals surface area (Å²) < 4.78 is 0. The number of halogens is 2. The van der Waals surface area contributed by atoms with Crippen LogP contribution in [-0.2, 0) is 4.79 Å². The van der Waals surface area contributed by atoms with Crippen molar-refractivity contribution in [2.75, 3.05) is 10.7 Å². The van der Waals surface area contributed by atoms with E-state index in [1.165, 1.54) is 0 Å². The van der Waals surface area contributed by atoms with Gasteiger partial charge in [-0.1, -0.05) is 41.4 Å². The van der Waals surface area contributed by atoms with Crippen molar-refractivity contribution in [3.63, 3.8) is 0 Å². The van der Waals surface area contributed by atoms with Crippen molar-refractivity contribution in [1.29, 1.82) is 0 Å². The van der Waals surface area contributed by atoms with Crippen molar-refractivity contribution in [3.8, 4) is 0 Å². The van der Waals surface area contributed by atoms with E-state index >= 15 is 0 Å². The van der Waals surface area contributed by atoms with Gasteiger partial charge in [0.15, 0.2) is 0 Å². The van der Waals surface area contributed by atoms with Gasteiger partial charge in [-0.2, -0.15) is 0 Å². The number of hydrogen-bond acceptors (Lipinski definition) is 2. The van der Waals surface area contributed by atoms with Gasteiger partial charge in [0.25, 0.3) is 0 Å². The molecule has 0 aromatic heterocycles. The second-order valence-electron chi connectivity index (χ2n) is 5.42. The number of amides is 1. The van der Waals surface area contributed by atoms with Gasteiger partial charge in [-0.15, -0.1) is 11.8 Å². The fourth-order valence-corrected chi connectivity index (χ4v) is 4.41. The van der Waals surface area contributed by atoms with Gasteiger partial charge in [0.2, 0.25) is 5.91 Å². The Morgan fingerprint density at radius 3 is 2.50 bits per heavy atom. The lowest BCUT2D eigenvalue weighted by Crippen LogP contribution is -2.28. The highest BCUT2D eigenvalue weighted by Crippen LogP contribution is 2.45. The van der Waals surface area contributed by atoms with E-state index in [4.69, 9.17) is 23.2 Å². The first-order valence-electron chi connectivity index (χ1n) is 6.93. The van der Waals surface area contributed by atoms with Crippen LogP contribution in [0.1, 0.15) is 22.1 Å². The van der Waals surface area contributed by atoms with Gasteiger partial charge >= 0.3 is 0 Å². The van der Waals surface area contributed by atoms with Crippen LogP contribution in [0.4, 0.5) is 5.69 Å². The number of rotatable bonds is 2. The average Bonchev–Trinajstić information content (AvgIpc) is 2.82. The SMILES string of the molecule is Cc1cc(C)cc(N2C(=O)CSC2c2cccc(Cl)c2Cl)c1. The molecule has 0 radical (unpaired) electrons. The number of thioether (sulfide) groups is 1. The average molecular weight is 352 g/mol.